The molecule has 6 nitrogen and oxygen atoms in total. The third-order valence-electron chi connectivity index (χ3n) is 5.88. The Morgan fingerprint density at radius 1 is 1.00 bits per heavy atom. The first kappa shape index (κ1) is 18.8. The molecular weight excluding hydrogens is 312 g/mol. The van der Waals surface area contributed by atoms with Gasteiger partial charge in [-0.3, -0.25) is 4.90 Å². The second-order valence-corrected chi connectivity index (χ2v) is 9.49. The molecule has 0 spiro atoms. The Morgan fingerprint density at radius 3 is 2.20 bits per heavy atom. The highest BCUT2D eigenvalue weighted by Gasteiger charge is 2.32. The summed E-state index contributed by atoms with van der Waals surface area (Å²) in [5.41, 5.74) is 1.57. The van der Waals surface area contributed by atoms with Gasteiger partial charge in [-0.25, -0.2) is 4.68 Å². The average molecular weight is 349 g/mol. The molecule has 0 saturated carbocycles. The van der Waals surface area contributed by atoms with Crippen LogP contribution < -0.4 is 0 Å². The van der Waals surface area contributed by atoms with Crippen LogP contribution in [-0.2, 0) is 12.1 Å². The van der Waals surface area contributed by atoms with E-state index in [1.165, 1.54) is 58.7 Å². The molecule has 0 amide bonds. The number of likely N-dealkylation sites (N-methyl/N-ethyl adjacent to an activating group) is 1. The van der Waals surface area contributed by atoms with Crippen LogP contribution in [0.15, 0.2) is 6.20 Å². The summed E-state index contributed by atoms with van der Waals surface area (Å²) >= 11 is 0. The van der Waals surface area contributed by atoms with Crippen LogP contribution in [0.4, 0.5) is 0 Å². The van der Waals surface area contributed by atoms with Gasteiger partial charge in [0.2, 0.25) is 0 Å². The summed E-state index contributed by atoms with van der Waals surface area (Å²) in [4.78, 5) is 7.65. The van der Waals surface area contributed by atoms with Gasteiger partial charge in [0.25, 0.3) is 0 Å². The van der Waals surface area contributed by atoms with Gasteiger partial charge in [0.15, 0.2) is 0 Å². The predicted molar refractivity (Wildman–Crippen MR) is 102 cm³/mol. The molecule has 3 rings (SSSR count). The van der Waals surface area contributed by atoms with Crippen molar-refractivity contribution in [1.82, 2.24) is 29.7 Å². The molecule has 0 N–H and O–H groups in total. The monoisotopic (exact) mass is 348 g/mol. The predicted octanol–water partition coefficient (Wildman–Crippen LogP) is 1.88. The Labute approximate surface area is 153 Å². The van der Waals surface area contributed by atoms with Crippen molar-refractivity contribution < 1.29 is 0 Å². The zero-order valence-corrected chi connectivity index (χ0v) is 16.8. The van der Waals surface area contributed by atoms with Gasteiger partial charge in [-0.05, 0) is 59.2 Å². The van der Waals surface area contributed by atoms with Crippen LogP contribution >= 0.6 is 0 Å². The minimum atomic E-state index is 0.00817. The Morgan fingerprint density at radius 2 is 1.64 bits per heavy atom. The van der Waals surface area contributed by atoms with E-state index in [-0.39, 0.29) is 5.54 Å². The Bertz CT molecular complexity index is 545. The van der Waals surface area contributed by atoms with E-state index in [1.54, 1.807) is 0 Å². The van der Waals surface area contributed by atoms with Crippen LogP contribution in [0.1, 0.15) is 46.2 Å². The maximum atomic E-state index is 4.37. The second kappa shape index (κ2) is 7.33. The van der Waals surface area contributed by atoms with Crippen LogP contribution in [0.5, 0.6) is 0 Å². The van der Waals surface area contributed by atoms with Gasteiger partial charge in [0.1, 0.15) is 0 Å². The molecule has 3 heterocycles. The molecule has 0 radical (unpaired) electrons. The molecule has 6 heteroatoms. The highest BCUT2D eigenvalue weighted by molar-refractivity contribution is 4.96. The Hall–Kier alpha value is -0.980. The lowest BCUT2D eigenvalue weighted by Crippen LogP contribution is -2.50. The molecule has 0 aromatic carbocycles. The minimum absolute atomic E-state index is 0.00817. The topological polar surface area (TPSA) is 40.4 Å². The van der Waals surface area contributed by atoms with Crippen molar-refractivity contribution in [3.63, 3.8) is 0 Å². The number of nitrogens with zero attached hydrogens (tertiary/aromatic N) is 6. The molecular formula is C19H36N6. The van der Waals surface area contributed by atoms with Gasteiger partial charge in [-0.2, -0.15) is 0 Å². The third kappa shape index (κ3) is 5.02. The molecule has 1 aromatic heterocycles. The summed E-state index contributed by atoms with van der Waals surface area (Å²) < 4.78 is 1.98. The SMILES string of the molecule is CN1CCN(CC2(C)CCN(Cc3cn(C(C)(C)C)nn3)CC2)CC1. The van der Waals surface area contributed by atoms with E-state index >= 15 is 0 Å². The summed E-state index contributed by atoms with van der Waals surface area (Å²) in [5.74, 6) is 0. The fourth-order valence-electron chi connectivity index (χ4n) is 3.88. The lowest BCUT2D eigenvalue weighted by Gasteiger charge is -2.44. The lowest BCUT2D eigenvalue weighted by atomic mass is 9.79. The molecule has 0 aliphatic carbocycles. The Balaban J connectivity index is 1.47. The summed E-state index contributed by atoms with van der Waals surface area (Å²) in [5, 5.41) is 8.67. The molecule has 2 aliphatic rings. The van der Waals surface area contributed by atoms with Gasteiger partial charge in [-0.1, -0.05) is 12.1 Å². The normalized spacial score (nSPS) is 23.9. The van der Waals surface area contributed by atoms with Gasteiger partial charge < -0.3 is 9.80 Å². The van der Waals surface area contributed by atoms with Crippen molar-refractivity contribution in [1.29, 1.82) is 0 Å². The molecule has 2 saturated heterocycles. The van der Waals surface area contributed by atoms with Crippen molar-refractivity contribution >= 4 is 0 Å². The number of piperazine rings is 1. The zero-order valence-electron chi connectivity index (χ0n) is 16.8. The van der Waals surface area contributed by atoms with Crippen molar-refractivity contribution in [2.24, 2.45) is 5.41 Å². The van der Waals surface area contributed by atoms with E-state index in [0.717, 1.165) is 12.2 Å². The largest absolute Gasteiger partial charge is 0.304 e. The summed E-state index contributed by atoms with van der Waals surface area (Å²) in [6.07, 6.45) is 4.68. The maximum Gasteiger partial charge on any atom is 0.0967 e. The quantitative estimate of drug-likeness (QED) is 0.831. The molecule has 1 aromatic rings. The highest BCUT2D eigenvalue weighted by atomic mass is 15.4. The molecule has 2 aliphatic heterocycles. The molecule has 142 valence electrons. The fraction of sp³-hybridized carbons (Fsp3) is 0.895. The van der Waals surface area contributed by atoms with Crippen LogP contribution in [0.25, 0.3) is 0 Å². The van der Waals surface area contributed by atoms with E-state index in [2.05, 4.69) is 66.0 Å². The number of rotatable bonds is 4. The fourth-order valence-corrected chi connectivity index (χ4v) is 3.88. The summed E-state index contributed by atoms with van der Waals surface area (Å²) in [7, 11) is 2.23. The minimum Gasteiger partial charge on any atom is -0.304 e. The Kier molecular flexibility index (Phi) is 5.51. The number of aromatic nitrogens is 3. The highest BCUT2D eigenvalue weighted by Crippen LogP contribution is 2.32. The van der Waals surface area contributed by atoms with E-state index in [1.807, 2.05) is 4.68 Å². The first-order chi connectivity index (χ1) is 11.7. The van der Waals surface area contributed by atoms with Gasteiger partial charge in [-0.15, -0.1) is 5.10 Å². The van der Waals surface area contributed by atoms with Crippen LogP contribution in [0.3, 0.4) is 0 Å². The third-order valence-corrected chi connectivity index (χ3v) is 5.88. The van der Waals surface area contributed by atoms with E-state index in [9.17, 15) is 0 Å². The lowest BCUT2D eigenvalue weighted by molar-refractivity contribution is 0.0515. The van der Waals surface area contributed by atoms with Gasteiger partial charge in [0.05, 0.1) is 17.4 Å². The smallest absolute Gasteiger partial charge is 0.0967 e. The number of piperidine rings is 1. The van der Waals surface area contributed by atoms with Crippen molar-refractivity contribution in [3.05, 3.63) is 11.9 Å². The molecule has 2 fully saturated rings. The molecule has 25 heavy (non-hydrogen) atoms. The van der Waals surface area contributed by atoms with E-state index in [0.29, 0.717) is 5.41 Å². The average Bonchev–Trinajstić information content (AvgIpc) is 3.01. The first-order valence-electron chi connectivity index (χ1n) is 9.79. The number of hydrogen-bond acceptors (Lipinski definition) is 5. The molecule has 0 atom stereocenters. The van der Waals surface area contributed by atoms with Crippen LogP contribution in [0, 0.1) is 5.41 Å². The van der Waals surface area contributed by atoms with Crippen molar-refractivity contribution in [2.45, 2.75) is 52.6 Å². The second-order valence-electron chi connectivity index (χ2n) is 9.49. The van der Waals surface area contributed by atoms with Crippen LogP contribution in [-0.4, -0.2) is 82.6 Å². The molecule has 0 unspecified atom stereocenters. The standard InChI is InChI=1S/C19H36N6/c1-18(2,3)25-15-17(20-21-25)14-23-8-6-19(4,7-9-23)16-24-12-10-22(5)11-13-24/h15H,6-14,16H2,1-5H3. The van der Waals surface area contributed by atoms with Crippen molar-refractivity contribution in [3.8, 4) is 0 Å². The first-order valence-corrected chi connectivity index (χ1v) is 9.79. The van der Waals surface area contributed by atoms with Crippen LogP contribution in [0.2, 0.25) is 0 Å². The number of hydrogen-bond donors (Lipinski definition) is 0. The summed E-state index contributed by atoms with van der Waals surface area (Å²) in [6.45, 7) is 18.4. The van der Waals surface area contributed by atoms with E-state index in [4.69, 9.17) is 0 Å². The number of likely N-dealkylation sites (tertiary alicyclic amines) is 1. The maximum absolute atomic E-state index is 4.37. The summed E-state index contributed by atoms with van der Waals surface area (Å²) in [6, 6.07) is 0. The van der Waals surface area contributed by atoms with Crippen molar-refractivity contribution in [2.75, 3.05) is 52.9 Å². The molecule has 0 bridgehead atoms. The van der Waals surface area contributed by atoms with E-state index < -0.39 is 0 Å². The van der Waals surface area contributed by atoms with Gasteiger partial charge in [0, 0.05) is 39.3 Å². The zero-order chi connectivity index (χ0) is 18.1. The van der Waals surface area contributed by atoms with Gasteiger partial charge >= 0.3 is 0 Å².